The van der Waals surface area contributed by atoms with E-state index in [1.807, 2.05) is 0 Å². The smallest absolute Gasteiger partial charge is 0.183 e. The van der Waals surface area contributed by atoms with Crippen LogP contribution in [0, 0.1) is 0 Å². The van der Waals surface area contributed by atoms with Crippen LogP contribution in [0.5, 0.6) is 0 Å². The third-order valence-electron chi connectivity index (χ3n) is 4.10. The molecule has 1 N–H and O–H groups in total. The van der Waals surface area contributed by atoms with Gasteiger partial charge < -0.3 is 10.2 Å². The van der Waals surface area contributed by atoms with Crippen LogP contribution < -0.4 is 5.32 Å². The number of nitrogens with one attached hydrogen (secondary N) is 1. The molecule has 21 heavy (non-hydrogen) atoms. The average molecular weight is 304 g/mol. The highest BCUT2D eigenvalue weighted by Crippen LogP contribution is 2.27. The van der Waals surface area contributed by atoms with E-state index in [-0.39, 0.29) is 0 Å². The molecule has 0 spiro atoms. The summed E-state index contributed by atoms with van der Waals surface area (Å²) in [7, 11) is 0. The Bertz CT molecular complexity index is 587. The number of thiazole rings is 1. The quantitative estimate of drug-likeness (QED) is 0.920. The van der Waals surface area contributed by atoms with Crippen LogP contribution in [0.4, 0.5) is 5.13 Å². The minimum absolute atomic E-state index is 0.925. The van der Waals surface area contributed by atoms with Crippen molar-refractivity contribution in [3.05, 3.63) is 23.8 Å². The number of hydrogen-bond acceptors (Lipinski definition) is 5. The van der Waals surface area contributed by atoms with Gasteiger partial charge in [-0.3, -0.25) is 4.90 Å². The topological polar surface area (TPSA) is 31.4 Å². The SMILES string of the molecule is CCNc1nc2ccc(CN3CCN(CC)CC3)cc2s1. The third-order valence-corrected chi connectivity index (χ3v) is 5.08. The van der Waals surface area contributed by atoms with Crippen molar-refractivity contribution in [1.29, 1.82) is 0 Å². The zero-order valence-corrected chi connectivity index (χ0v) is 13.7. The van der Waals surface area contributed by atoms with Crippen LogP contribution in [-0.2, 0) is 6.54 Å². The summed E-state index contributed by atoms with van der Waals surface area (Å²) in [5, 5.41) is 4.33. The first-order valence-corrected chi connectivity index (χ1v) is 8.68. The molecular formula is C16H24N4S. The number of hydrogen-bond donors (Lipinski definition) is 1. The van der Waals surface area contributed by atoms with Gasteiger partial charge >= 0.3 is 0 Å². The second-order valence-corrected chi connectivity index (χ2v) is 6.59. The summed E-state index contributed by atoms with van der Waals surface area (Å²) >= 11 is 1.75. The largest absolute Gasteiger partial charge is 0.362 e. The number of fused-ring (bicyclic) bond motifs is 1. The van der Waals surface area contributed by atoms with E-state index in [0.717, 1.165) is 23.7 Å². The highest BCUT2D eigenvalue weighted by Gasteiger charge is 2.15. The van der Waals surface area contributed by atoms with Gasteiger partial charge in [-0.15, -0.1) is 0 Å². The van der Waals surface area contributed by atoms with Gasteiger partial charge in [-0.2, -0.15) is 0 Å². The highest BCUT2D eigenvalue weighted by molar-refractivity contribution is 7.22. The van der Waals surface area contributed by atoms with Crippen LogP contribution in [0.1, 0.15) is 19.4 Å². The number of aromatic nitrogens is 1. The van der Waals surface area contributed by atoms with E-state index >= 15 is 0 Å². The summed E-state index contributed by atoms with van der Waals surface area (Å²) in [5.74, 6) is 0. The maximum atomic E-state index is 4.60. The Hall–Kier alpha value is -1.17. The molecule has 1 aliphatic rings. The van der Waals surface area contributed by atoms with Crippen LogP contribution in [-0.4, -0.2) is 54.1 Å². The fourth-order valence-corrected chi connectivity index (χ4v) is 3.81. The van der Waals surface area contributed by atoms with E-state index < -0.39 is 0 Å². The first kappa shape index (κ1) is 14.8. The second kappa shape index (κ2) is 6.73. The molecule has 3 rings (SSSR count). The lowest BCUT2D eigenvalue weighted by Gasteiger charge is -2.34. The van der Waals surface area contributed by atoms with E-state index in [0.29, 0.717) is 0 Å². The molecule has 1 aliphatic heterocycles. The fourth-order valence-electron chi connectivity index (χ4n) is 2.82. The van der Waals surface area contributed by atoms with Crippen molar-refractivity contribution in [2.45, 2.75) is 20.4 Å². The third kappa shape index (κ3) is 3.54. The van der Waals surface area contributed by atoms with Gasteiger partial charge in [-0.05, 0) is 31.2 Å². The Labute approximate surface area is 130 Å². The van der Waals surface area contributed by atoms with E-state index in [2.05, 4.69) is 52.1 Å². The summed E-state index contributed by atoms with van der Waals surface area (Å²) < 4.78 is 1.29. The van der Waals surface area contributed by atoms with Gasteiger partial charge in [0.1, 0.15) is 0 Å². The lowest BCUT2D eigenvalue weighted by molar-refractivity contribution is 0.132. The van der Waals surface area contributed by atoms with Crippen LogP contribution in [0.3, 0.4) is 0 Å². The van der Waals surface area contributed by atoms with Gasteiger partial charge in [-0.25, -0.2) is 4.98 Å². The van der Waals surface area contributed by atoms with Gasteiger partial charge in [0.25, 0.3) is 0 Å². The number of anilines is 1. The lowest BCUT2D eigenvalue weighted by atomic mass is 10.2. The van der Waals surface area contributed by atoms with Gasteiger partial charge in [-0.1, -0.05) is 24.3 Å². The molecule has 0 saturated carbocycles. The number of nitrogens with zero attached hydrogens (tertiary/aromatic N) is 3. The van der Waals surface area contributed by atoms with E-state index in [1.54, 1.807) is 11.3 Å². The van der Waals surface area contributed by atoms with Crippen molar-refractivity contribution in [2.75, 3.05) is 44.6 Å². The highest BCUT2D eigenvalue weighted by atomic mass is 32.1. The summed E-state index contributed by atoms with van der Waals surface area (Å²) in [6, 6.07) is 6.69. The molecular weight excluding hydrogens is 280 g/mol. The minimum atomic E-state index is 0.925. The van der Waals surface area contributed by atoms with Crippen molar-refractivity contribution < 1.29 is 0 Å². The standard InChI is InChI=1S/C16H24N4S/c1-3-17-16-18-14-6-5-13(11-15(14)21-16)12-20-9-7-19(4-2)8-10-20/h5-6,11H,3-4,7-10,12H2,1-2H3,(H,17,18). The molecule has 0 radical (unpaired) electrons. The number of rotatable bonds is 5. The second-order valence-electron chi connectivity index (χ2n) is 5.56. The Morgan fingerprint density at radius 1 is 1.14 bits per heavy atom. The maximum absolute atomic E-state index is 4.60. The van der Waals surface area contributed by atoms with Crippen molar-refractivity contribution in [2.24, 2.45) is 0 Å². The number of piperazine rings is 1. The Kier molecular flexibility index (Phi) is 4.73. The van der Waals surface area contributed by atoms with Crippen molar-refractivity contribution in [3.63, 3.8) is 0 Å². The predicted octanol–water partition coefficient (Wildman–Crippen LogP) is 2.87. The molecule has 1 fully saturated rings. The van der Waals surface area contributed by atoms with E-state index in [1.165, 1.54) is 43.0 Å². The fraction of sp³-hybridized carbons (Fsp3) is 0.562. The summed E-state index contributed by atoms with van der Waals surface area (Å²) in [5.41, 5.74) is 2.51. The molecule has 1 aromatic carbocycles. The molecule has 0 bridgehead atoms. The summed E-state index contributed by atoms with van der Waals surface area (Å²) in [4.78, 5) is 9.67. The average Bonchev–Trinajstić information content (AvgIpc) is 2.90. The first-order valence-electron chi connectivity index (χ1n) is 7.86. The predicted molar refractivity (Wildman–Crippen MR) is 91.2 cm³/mol. The normalized spacial score (nSPS) is 17.4. The molecule has 0 unspecified atom stereocenters. The van der Waals surface area contributed by atoms with Crippen LogP contribution in [0.2, 0.25) is 0 Å². The van der Waals surface area contributed by atoms with Crippen LogP contribution >= 0.6 is 11.3 Å². The summed E-state index contributed by atoms with van der Waals surface area (Å²) in [6.07, 6.45) is 0. The molecule has 0 amide bonds. The molecule has 1 saturated heterocycles. The van der Waals surface area contributed by atoms with Gasteiger partial charge in [0.15, 0.2) is 5.13 Å². The first-order chi connectivity index (χ1) is 10.3. The molecule has 4 nitrogen and oxygen atoms in total. The minimum Gasteiger partial charge on any atom is -0.362 e. The lowest BCUT2D eigenvalue weighted by Crippen LogP contribution is -2.45. The van der Waals surface area contributed by atoms with Crippen molar-refractivity contribution in [3.8, 4) is 0 Å². The maximum Gasteiger partial charge on any atom is 0.183 e. The molecule has 114 valence electrons. The number of benzene rings is 1. The zero-order valence-electron chi connectivity index (χ0n) is 12.9. The molecule has 0 atom stereocenters. The van der Waals surface area contributed by atoms with Gasteiger partial charge in [0.2, 0.25) is 0 Å². The van der Waals surface area contributed by atoms with Crippen molar-refractivity contribution in [1.82, 2.24) is 14.8 Å². The zero-order chi connectivity index (χ0) is 14.7. The monoisotopic (exact) mass is 304 g/mol. The molecule has 5 heteroatoms. The molecule has 2 heterocycles. The Morgan fingerprint density at radius 3 is 2.62 bits per heavy atom. The Balaban J connectivity index is 1.67. The molecule has 2 aromatic rings. The number of likely N-dealkylation sites (N-methyl/N-ethyl adjacent to an activating group) is 1. The van der Waals surface area contributed by atoms with Gasteiger partial charge in [0.05, 0.1) is 10.2 Å². The van der Waals surface area contributed by atoms with E-state index in [9.17, 15) is 0 Å². The van der Waals surface area contributed by atoms with Crippen molar-refractivity contribution >= 4 is 26.7 Å². The molecule has 1 aromatic heterocycles. The summed E-state index contributed by atoms with van der Waals surface area (Å²) in [6.45, 7) is 12.3. The van der Waals surface area contributed by atoms with Gasteiger partial charge in [0, 0.05) is 39.3 Å². The molecule has 0 aliphatic carbocycles. The van der Waals surface area contributed by atoms with E-state index in [4.69, 9.17) is 0 Å². The van der Waals surface area contributed by atoms with Crippen LogP contribution in [0.15, 0.2) is 18.2 Å². The Morgan fingerprint density at radius 2 is 1.90 bits per heavy atom. The van der Waals surface area contributed by atoms with Crippen LogP contribution in [0.25, 0.3) is 10.2 Å².